The van der Waals surface area contributed by atoms with Crippen LogP contribution in [-0.2, 0) is 0 Å². The molecule has 104 valence electrons. The van der Waals surface area contributed by atoms with Gasteiger partial charge in [0.25, 0.3) is 5.82 Å². The third kappa shape index (κ3) is 2.85. The first kappa shape index (κ1) is 14.6. The van der Waals surface area contributed by atoms with Gasteiger partial charge < -0.3 is 9.58 Å². The van der Waals surface area contributed by atoms with Crippen molar-refractivity contribution in [2.24, 2.45) is 0 Å². The molecule has 0 radical (unpaired) electrons. The van der Waals surface area contributed by atoms with Gasteiger partial charge in [0.15, 0.2) is 5.69 Å². The molecule has 4 heteroatoms. The zero-order valence-electron chi connectivity index (χ0n) is 12.2. The first-order chi connectivity index (χ1) is 10.1. The highest BCUT2D eigenvalue weighted by molar-refractivity contribution is 5.73. The molecule has 0 aliphatic carbocycles. The van der Waals surface area contributed by atoms with Crippen LogP contribution in [0.4, 0.5) is 5.82 Å². The first-order valence-electron chi connectivity index (χ1n) is 6.57. The van der Waals surface area contributed by atoms with E-state index in [0.29, 0.717) is 22.8 Å². The van der Waals surface area contributed by atoms with Crippen molar-refractivity contribution < 1.29 is 4.74 Å². The molecule has 0 aliphatic rings. The standard InChI is InChI=1S/C17H15N3O/c1-11(2)13-6-8-16(19-3)20-17(13)14-9-12(10-18)5-7-15(14)21-4/h5-9,11H,1-2,4H3. The second-order valence-electron chi connectivity index (χ2n) is 4.90. The largest absolute Gasteiger partial charge is 0.496 e. The number of nitriles is 1. The van der Waals surface area contributed by atoms with E-state index in [1.54, 1.807) is 31.4 Å². The summed E-state index contributed by atoms with van der Waals surface area (Å²) in [4.78, 5) is 7.81. The van der Waals surface area contributed by atoms with Crippen molar-refractivity contribution in [3.8, 4) is 23.1 Å². The second-order valence-corrected chi connectivity index (χ2v) is 4.90. The average Bonchev–Trinajstić information content (AvgIpc) is 2.53. The molecule has 0 spiro atoms. The van der Waals surface area contributed by atoms with Crippen LogP contribution in [0.3, 0.4) is 0 Å². The predicted octanol–water partition coefficient (Wildman–Crippen LogP) is 4.30. The number of nitrogens with zero attached hydrogens (tertiary/aromatic N) is 3. The number of pyridine rings is 1. The van der Waals surface area contributed by atoms with E-state index in [9.17, 15) is 0 Å². The number of aromatic nitrogens is 1. The molecule has 0 atom stereocenters. The minimum absolute atomic E-state index is 0.253. The number of benzene rings is 1. The molecule has 0 unspecified atom stereocenters. The summed E-state index contributed by atoms with van der Waals surface area (Å²) in [5.41, 5.74) is 3.00. The third-order valence-corrected chi connectivity index (χ3v) is 3.23. The number of hydrogen-bond acceptors (Lipinski definition) is 3. The van der Waals surface area contributed by atoms with Gasteiger partial charge in [-0.15, -0.1) is 4.98 Å². The lowest BCUT2D eigenvalue weighted by molar-refractivity contribution is 0.416. The van der Waals surface area contributed by atoms with E-state index in [1.165, 1.54) is 0 Å². The van der Waals surface area contributed by atoms with Gasteiger partial charge in [-0.2, -0.15) is 5.26 Å². The molecule has 2 aromatic rings. The van der Waals surface area contributed by atoms with E-state index < -0.39 is 0 Å². The molecule has 1 heterocycles. The maximum absolute atomic E-state index is 9.09. The Morgan fingerprint density at radius 2 is 2.05 bits per heavy atom. The van der Waals surface area contributed by atoms with Gasteiger partial charge in [-0.3, -0.25) is 0 Å². The van der Waals surface area contributed by atoms with E-state index in [2.05, 4.69) is 29.7 Å². The second kappa shape index (κ2) is 6.07. The van der Waals surface area contributed by atoms with Gasteiger partial charge in [-0.05, 0) is 30.2 Å². The summed E-state index contributed by atoms with van der Waals surface area (Å²) in [5, 5.41) is 9.09. The molecular weight excluding hydrogens is 262 g/mol. The lowest BCUT2D eigenvalue weighted by Crippen LogP contribution is -1.98. The fourth-order valence-electron chi connectivity index (χ4n) is 2.17. The van der Waals surface area contributed by atoms with Gasteiger partial charge in [0.1, 0.15) is 5.75 Å². The van der Waals surface area contributed by atoms with Crippen LogP contribution in [-0.4, -0.2) is 12.1 Å². The quantitative estimate of drug-likeness (QED) is 0.786. The molecule has 4 nitrogen and oxygen atoms in total. The molecule has 0 aliphatic heterocycles. The monoisotopic (exact) mass is 277 g/mol. The molecule has 2 rings (SSSR count). The van der Waals surface area contributed by atoms with Crippen molar-refractivity contribution in [3.63, 3.8) is 0 Å². The number of rotatable bonds is 3. The summed E-state index contributed by atoms with van der Waals surface area (Å²) in [6, 6.07) is 11.0. The summed E-state index contributed by atoms with van der Waals surface area (Å²) < 4.78 is 5.38. The van der Waals surface area contributed by atoms with Crippen LogP contribution < -0.4 is 4.74 Å². The number of hydrogen-bond donors (Lipinski definition) is 0. The van der Waals surface area contributed by atoms with Crippen molar-refractivity contribution in [2.45, 2.75) is 19.8 Å². The fourth-order valence-corrected chi connectivity index (χ4v) is 2.17. The predicted molar refractivity (Wildman–Crippen MR) is 81.3 cm³/mol. The van der Waals surface area contributed by atoms with Crippen LogP contribution >= 0.6 is 0 Å². The van der Waals surface area contributed by atoms with Crippen LogP contribution in [0.15, 0.2) is 30.3 Å². The molecule has 0 saturated carbocycles. The smallest absolute Gasteiger partial charge is 0.270 e. The van der Waals surface area contributed by atoms with Crippen LogP contribution in [0.1, 0.15) is 30.9 Å². The molecule has 0 N–H and O–H groups in total. The highest BCUT2D eigenvalue weighted by atomic mass is 16.5. The van der Waals surface area contributed by atoms with Crippen LogP contribution in [0.25, 0.3) is 16.1 Å². The summed E-state index contributed by atoms with van der Waals surface area (Å²) in [6.07, 6.45) is 0. The summed E-state index contributed by atoms with van der Waals surface area (Å²) in [7, 11) is 1.58. The Bertz CT molecular complexity index is 752. The number of methoxy groups -OCH3 is 1. The Morgan fingerprint density at radius 1 is 1.29 bits per heavy atom. The van der Waals surface area contributed by atoms with Gasteiger partial charge >= 0.3 is 0 Å². The lowest BCUT2D eigenvalue weighted by Gasteiger charge is -2.12. The Labute approximate surface area is 124 Å². The third-order valence-electron chi connectivity index (χ3n) is 3.23. The van der Waals surface area contributed by atoms with Crippen molar-refractivity contribution >= 4 is 5.82 Å². The SMILES string of the molecule is [C-]#[N+]c1ccc(C(C)C)c(-c2cc(C#N)ccc2OC)n1. The molecule has 0 bridgehead atoms. The zero-order valence-corrected chi connectivity index (χ0v) is 12.2. The Balaban J connectivity index is 2.76. The van der Waals surface area contributed by atoms with Gasteiger partial charge in [-0.25, -0.2) is 0 Å². The van der Waals surface area contributed by atoms with E-state index in [4.69, 9.17) is 16.6 Å². The zero-order chi connectivity index (χ0) is 15.4. The molecule has 0 amide bonds. The van der Waals surface area contributed by atoms with Crippen molar-refractivity contribution in [3.05, 3.63) is 52.9 Å². The first-order valence-corrected chi connectivity index (χ1v) is 6.57. The Morgan fingerprint density at radius 3 is 2.62 bits per heavy atom. The van der Waals surface area contributed by atoms with E-state index in [0.717, 1.165) is 11.1 Å². The van der Waals surface area contributed by atoms with Gasteiger partial charge in [0, 0.05) is 5.56 Å². The molecule has 0 fully saturated rings. The van der Waals surface area contributed by atoms with Gasteiger partial charge in [-0.1, -0.05) is 26.5 Å². The molecule has 21 heavy (non-hydrogen) atoms. The minimum Gasteiger partial charge on any atom is -0.496 e. The fraction of sp³-hybridized carbons (Fsp3) is 0.235. The van der Waals surface area contributed by atoms with Crippen molar-refractivity contribution in [1.82, 2.24) is 4.98 Å². The maximum Gasteiger partial charge on any atom is 0.270 e. The Hall–Kier alpha value is -2.85. The molecular formula is C17H15N3O. The van der Waals surface area contributed by atoms with Gasteiger partial charge in [0.05, 0.1) is 24.3 Å². The van der Waals surface area contributed by atoms with Gasteiger partial charge in [0.2, 0.25) is 0 Å². The maximum atomic E-state index is 9.09. The van der Waals surface area contributed by atoms with E-state index in [-0.39, 0.29) is 5.92 Å². The molecule has 1 aromatic heterocycles. The highest BCUT2D eigenvalue weighted by Gasteiger charge is 2.19. The Kier molecular flexibility index (Phi) is 4.21. The lowest BCUT2D eigenvalue weighted by atomic mass is 9.95. The van der Waals surface area contributed by atoms with Crippen LogP contribution in [0.2, 0.25) is 0 Å². The molecule has 1 aromatic carbocycles. The van der Waals surface area contributed by atoms with Crippen molar-refractivity contribution in [2.75, 3.05) is 7.11 Å². The summed E-state index contributed by atoms with van der Waals surface area (Å²) >= 11 is 0. The topological polar surface area (TPSA) is 50.3 Å². The van der Waals surface area contributed by atoms with Crippen LogP contribution in [0.5, 0.6) is 5.75 Å². The minimum atomic E-state index is 0.253. The molecule has 0 saturated heterocycles. The van der Waals surface area contributed by atoms with E-state index in [1.807, 2.05) is 6.07 Å². The normalized spacial score (nSPS) is 10.0. The number of ether oxygens (including phenoxy) is 1. The average molecular weight is 277 g/mol. The van der Waals surface area contributed by atoms with E-state index >= 15 is 0 Å². The summed E-state index contributed by atoms with van der Waals surface area (Å²) in [5.74, 6) is 1.23. The van der Waals surface area contributed by atoms with Crippen molar-refractivity contribution in [1.29, 1.82) is 5.26 Å². The highest BCUT2D eigenvalue weighted by Crippen LogP contribution is 2.35. The van der Waals surface area contributed by atoms with Crippen LogP contribution in [0, 0.1) is 17.9 Å². The summed E-state index contributed by atoms with van der Waals surface area (Å²) in [6.45, 7) is 11.3.